The lowest BCUT2D eigenvalue weighted by Gasteiger charge is -2.39. The molecule has 9 nitrogen and oxygen atoms in total. The van der Waals surface area contributed by atoms with Crippen LogP contribution in [0.25, 0.3) is 0 Å². The van der Waals surface area contributed by atoms with Crippen molar-refractivity contribution in [3.05, 3.63) is 38.3 Å². The Kier molecular flexibility index (Phi) is 6.76. The second-order valence-corrected chi connectivity index (χ2v) is 10.6. The van der Waals surface area contributed by atoms with Crippen LogP contribution in [0, 0.1) is 24.2 Å². The number of hydrogen-bond donors (Lipinski definition) is 1. The van der Waals surface area contributed by atoms with Crippen LogP contribution in [0.4, 0.5) is 5.82 Å². The van der Waals surface area contributed by atoms with Crippen LogP contribution in [0.15, 0.2) is 16.3 Å². The highest BCUT2D eigenvalue weighted by molar-refractivity contribution is 7.92. The highest BCUT2D eigenvalue weighted by Crippen LogP contribution is 2.34. The molecular weight excluding hydrogens is 487 g/mol. The van der Waals surface area contributed by atoms with E-state index in [1.54, 1.807) is 18.7 Å². The minimum atomic E-state index is -4.09. The average molecular weight is 503 g/mol. The van der Waals surface area contributed by atoms with E-state index in [4.69, 9.17) is 27.9 Å². The smallest absolute Gasteiger partial charge is 0.340 e. The van der Waals surface area contributed by atoms with Crippen LogP contribution < -0.4 is 9.62 Å². The topological polar surface area (TPSA) is 129 Å². The molecule has 3 heterocycles. The normalized spacial score (nSPS) is 14.0. The molecule has 3 rings (SSSR count). The summed E-state index contributed by atoms with van der Waals surface area (Å²) in [5.74, 6) is -1.57. The minimum absolute atomic E-state index is 0.0889. The van der Waals surface area contributed by atoms with Gasteiger partial charge in [-0.3, -0.25) is 4.79 Å². The van der Waals surface area contributed by atoms with Crippen molar-refractivity contribution in [1.82, 2.24) is 9.71 Å². The molecule has 31 heavy (non-hydrogen) atoms. The van der Waals surface area contributed by atoms with Gasteiger partial charge in [0.2, 0.25) is 5.91 Å². The number of rotatable bonds is 6. The van der Waals surface area contributed by atoms with E-state index >= 15 is 0 Å². The maximum absolute atomic E-state index is 12.4. The Balaban J connectivity index is 1.70. The molecule has 2 aromatic heterocycles. The molecule has 0 aliphatic carbocycles. The van der Waals surface area contributed by atoms with Crippen molar-refractivity contribution in [3.8, 4) is 6.07 Å². The number of thiophene rings is 1. The first kappa shape index (κ1) is 23.3. The van der Waals surface area contributed by atoms with E-state index in [2.05, 4.69) is 4.98 Å². The molecule has 0 unspecified atom stereocenters. The van der Waals surface area contributed by atoms with Gasteiger partial charge in [-0.1, -0.05) is 23.2 Å². The third-order valence-corrected chi connectivity index (χ3v) is 8.17. The minimum Gasteiger partial charge on any atom is -0.462 e. The standard InChI is InChI=1S/C18H16Cl2N4O5S2/c1-3-29-18(26)12-4-10(6-21)16(22-9(12)2)24-7-11(8-24)17(25)23-31(27,28)14-5-13(19)15(20)30-14/h4-5,11H,3,7-8H2,1-2H3,(H,23,25). The first-order chi connectivity index (χ1) is 14.6. The number of aryl methyl sites for hydroxylation is 1. The van der Waals surface area contributed by atoms with Crippen LogP contribution in [0.3, 0.4) is 0 Å². The van der Waals surface area contributed by atoms with E-state index in [1.165, 1.54) is 12.1 Å². The summed E-state index contributed by atoms with van der Waals surface area (Å²) in [6, 6.07) is 4.56. The maximum atomic E-state index is 12.4. The number of nitriles is 1. The Bertz CT molecular complexity index is 1180. The Hall–Kier alpha value is -2.39. The molecule has 1 saturated heterocycles. The number of pyridine rings is 1. The fourth-order valence-corrected chi connectivity index (χ4v) is 5.80. The van der Waals surface area contributed by atoms with E-state index in [0.717, 1.165) is 11.3 Å². The highest BCUT2D eigenvalue weighted by atomic mass is 35.5. The molecule has 13 heteroatoms. The molecule has 0 aromatic carbocycles. The lowest BCUT2D eigenvalue weighted by atomic mass is 9.98. The molecule has 1 aliphatic rings. The summed E-state index contributed by atoms with van der Waals surface area (Å²) >= 11 is 12.3. The molecular formula is C18H16Cl2N4O5S2. The van der Waals surface area contributed by atoms with Crippen LogP contribution in [0.2, 0.25) is 9.36 Å². The Morgan fingerprint density at radius 3 is 2.61 bits per heavy atom. The van der Waals surface area contributed by atoms with Gasteiger partial charge in [-0.2, -0.15) is 5.26 Å². The number of aromatic nitrogens is 1. The monoisotopic (exact) mass is 502 g/mol. The van der Waals surface area contributed by atoms with Gasteiger partial charge in [-0.25, -0.2) is 22.9 Å². The average Bonchev–Trinajstić information content (AvgIpc) is 3.00. The molecule has 1 fully saturated rings. The Morgan fingerprint density at radius 1 is 1.39 bits per heavy atom. The number of halogens is 2. The summed E-state index contributed by atoms with van der Waals surface area (Å²) in [6.07, 6.45) is 0. The van der Waals surface area contributed by atoms with Gasteiger partial charge in [-0.15, -0.1) is 11.3 Å². The zero-order valence-corrected chi connectivity index (χ0v) is 19.5. The number of carbonyl (C=O) groups is 2. The van der Waals surface area contributed by atoms with E-state index in [0.29, 0.717) is 11.5 Å². The zero-order chi connectivity index (χ0) is 22.9. The molecule has 0 atom stereocenters. The molecule has 1 amide bonds. The van der Waals surface area contributed by atoms with Gasteiger partial charge in [-0.05, 0) is 26.0 Å². The largest absolute Gasteiger partial charge is 0.462 e. The molecule has 1 N–H and O–H groups in total. The zero-order valence-electron chi connectivity index (χ0n) is 16.3. The number of anilines is 1. The summed E-state index contributed by atoms with van der Waals surface area (Å²) in [7, 11) is -4.09. The molecule has 1 aliphatic heterocycles. The predicted octanol–water partition coefficient (Wildman–Crippen LogP) is 2.75. The number of hydrogen-bond acceptors (Lipinski definition) is 9. The van der Waals surface area contributed by atoms with Crippen LogP contribution in [0.5, 0.6) is 0 Å². The van der Waals surface area contributed by atoms with Crippen molar-refractivity contribution in [3.63, 3.8) is 0 Å². The summed E-state index contributed by atoms with van der Waals surface area (Å²) in [5.41, 5.74) is 0.730. The highest BCUT2D eigenvalue weighted by Gasteiger charge is 2.37. The summed E-state index contributed by atoms with van der Waals surface area (Å²) < 4.78 is 31.6. The number of esters is 1. The van der Waals surface area contributed by atoms with Crippen LogP contribution in [-0.4, -0.2) is 45.0 Å². The number of amides is 1. The molecule has 0 bridgehead atoms. The molecule has 0 spiro atoms. The van der Waals surface area contributed by atoms with Crippen molar-refractivity contribution in [2.75, 3.05) is 24.6 Å². The quantitative estimate of drug-likeness (QED) is 0.596. The Morgan fingerprint density at radius 2 is 2.06 bits per heavy atom. The summed E-state index contributed by atoms with van der Waals surface area (Å²) in [5, 5.41) is 9.53. The number of sulfonamides is 1. The number of ether oxygens (including phenoxy) is 1. The fourth-order valence-electron chi connectivity index (χ4n) is 2.87. The van der Waals surface area contributed by atoms with Gasteiger partial charge < -0.3 is 9.64 Å². The van der Waals surface area contributed by atoms with Crippen LogP contribution in [0.1, 0.15) is 28.5 Å². The fraction of sp³-hybridized carbons (Fsp3) is 0.333. The van der Waals surface area contributed by atoms with Gasteiger partial charge in [0.25, 0.3) is 10.0 Å². The van der Waals surface area contributed by atoms with Crippen molar-refractivity contribution in [1.29, 1.82) is 5.26 Å². The first-order valence-electron chi connectivity index (χ1n) is 8.92. The van der Waals surface area contributed by atoms with Gasteiger partial charge in [0.15, 0.2) is 0 Å². The van der Waals surface area contributed by atoms with E-state index in [9.17, 15) is 23.3 Å². The van der Waals surface area contributed by atoms with E-state index in [1.807, 2.05) is 10.8 Å². The van der Waals surface area contributed by atoms with E-state index < -0.39 is 27.8 Å². The lowest BCUT2D eigenvalue weighted by molar-refractivity contribution is -0.123. The number of nitrogens with zero attached hydrogens (tertiary/aromatic N) is 3. The van der Waals surface area contributed by atoms with Crippen molar-refractivity contribution >= 4 is 62.3 Å². The second-order valence-electron chi connectivity index (χ2n) is 6.58. The van der Waals surface area contributed by atoms with Gasteiger partial charge >= 0.3 is 5.97 Å². The predicted molar refractivity (Wildman–Crippen MR) is 115 cm³/mol. The van der Waals surface area contributed by atoms with Crippen molar-refractivity contribution in [2.45, 2.75) is 18.1 Å². The van der Waals surface area contributed by atoms with Gasteiger partial charge in [0.05, 0.1) is 34.4 Å². The van der Waals surface area contributed by atoms with E-state index in [-0.39, 0.29) is 44.4 Å². The molecule has 0 radical (unpaired) electrons. The van der Waals surface area contributed by atoms with Crippen LogP contribution >= 0.6 is 34.5 Å². The maximum Gasteiger partial charge on any atom is 0.340 e. The van der Waals surface area contributed by atoms with Crippen LogP contribution in [-0.2, 0) is 19.6 Å². The Labute approximate surface area is 192 Å². The SMILES string of the molecule is CCOC(=O)c1cc(C#N)c(N2CC(C(=O)NS(=O)(=O)c3cc(Cl)c(Cl)s3)C2)nc1C. The first-order valence-corrected chi connectivity index (χ1v) is 12.0. The summed E-state index contributed by atoms with van der Waals surface area (Å²) in [4.78, 5) is 30.4. The molecule has 0 saturated carbocycles. The molecule has 2 aromatic rings. The number of carbonyl (C=O) groups excluding carboxylic acids is 2. The summed E-state index contributed by atoms with van der Waals surface area (Å²) in [6.45, 7) is 3.80. The van der Waals surface area contributed by atoms with Crippen molar-refractivity contribution in [2.24, 2.45) is 5.92 Å². The lowest BCUT2D eigenvalue weighted by Crippen LogP contribution is -2.55. The van der Waals surface area contributed by atoms with Crippen molar-refractivity contribution < 1.29 is 22.7 Å². The third-order valence-electron chi connectivity index (χ3n) is 4.48. The second kappa shape index (κ2) is 9.00. The third kappa shape index (κ3) is 4.77. The number of nitrogens with one attached hydrogen (secondary N) is 1. The van der Waals surface area contributed by atoms with Gasteiger partial charge in [0, 0.05) is 13.1 Å². The van der Waals surface area contributed by atoms with Gasteiger partial charge in [0.1, 0.15) is 20.4 Å². The molecule has 164 valence electrons.